The molecule has 0 bridgehead atoms. The second-order valence-electron chi connectivity index (χ2n) is 5.63. The third-order valence-electron chi connectivity index (χ3n) is 3.55. The van der Waals surface area contributed by atoms with Gasteiger partial charge < -0.3 is 10.6 Å². The topological polar surface area (TPSA) is 36.4 Å². The van der Waals surface area contributed by atoms with Gasteiger partial charge in [0, 0.05) is 47.4 Å². The van der Waals surface area contributed by atoms with E-state index in [4.69, 9.17) is 0 Å². The lowest BCUT2D eigenvalue weighted by Crippen LogP contribution is -2.42. The van der Waals surface area contributed by atoms with Gasteiger partial charge in [-0.3, -0.25) is 4.99 Å². The number of guanidine groups is 1. The second-order valence-corrected chi connectivity index (χ2v) is 7.01. The van der Waals surface area contributed by atoms with E-state index >= 15 is 0 Å². The van der Waals surface area contributed by atoms with E-state index in [1.165, 1.54) is 16.8 Å². The third-order valence-corrected chi connectivity index (χ3v) is 4.57. The number of hydrogen-bond donors (Lipinski definition) is 2. The number of benzene rings is 1. The summed E-state index contributed by atoms with van der Waals surface area (Å²) in [4.78, 5) is 6.36. The van der Waals surface area contributed by atoms with Crippen LogP contribution in [0.15, 0.2) is 23.2 Å². The first-order valence-corrected chi connectivity index (χ1v) is 8.47. The van der Waals surface area contributed by atoms with Gasteiger partial charge >= 0.3 is 0 Å². The van der Waals surface area contributed by atoms with Crippen molar-refractivity contribution in [3.05, 3.63) is 56.8 Å². The molecule has 2 rings (SSSR count). The normalized spacial score (nSPS) is 13.0. The van der Waals surface area contributed by atoms with Crippen LogP contribution in [0.1, 0.15) is 22.2 Å². The van der Waals surface area contributed by atoms with Gasteiger partial charge in [-0.1, -0.05) is 0 Å². The lowest BCUT2D eigenvalue weighted by Gasteiger charge is -2.18. The first kappa shape index (κ1) is 19.2. The van der Waals surface area contributed by atoms with Crippen LogP contribution in [0, 0.1) is 30.2 Å². The van der Waals surface area contributed by atoms with E-state index in [-0.39, 0.29) is 18.1 Å². The van der Waals surface area contributed by atoms with Gasteiger partial charge in [0.15, 0.2) is 29.2 Å². The molecule has 0 saturated heterocycles. The highest BCUT2D eigenvalue weighted by Gasteiger charge is 2.19. The minimum absolute atomic E-state index is 0.00295. The summed E-state index contributed by atoms with van der Waals surface area (Å²) in [5, 5.41) is 5.75. The van der Waals surface area contributed by atoms with Gasteiger partial charge in [-0.2, -0.15) is 0 Å². The molecule has 0 aliphatic rings. The summed E-state index contributed by atoms with van der Waals surface area (Å²) < 4.78 is 53.8. The van der Waals surface area contributed by atoms with Gasteiger partial charge in [0.2, 0.25) is 0 Å². The Kier molecular flexibility index (Phi) is 6.41. The van der Waals surface area contributed by atoms with Crippen LogP contribution in [0.5, 0.6) is 0 Å². The molecule has 3 nitrogen and oxygen atoms in total. The van der Waals surface area contributed by atoms with E-state index < -0.39 is 35.4 Å². The van der Waals surface area contributed by atoms with Crippen LogP contribution in [0.4, 0.5) is 17.6 Å². The SMILES string of the molecule is CN=C(NCc1c(F)c(F)cc(F)c1F)NC(C)Cc1ccc(C)s1. The Bertz CT molecular complexity index is 747. The highest BCUT2D eigenvalue weighted by molar-refractivity contribution is 7.11. The maximum atomic E-state index is 13.7. The van der Waals surface area contributed by atoms with Crippen molar-refractivity contribution in [3.8, 4) is 0 Å². The molecule has 1 heterocycles. The smallest absolute Gasteiger partial charge is 0.191 e. The maximum absolute atomic E-state index is 13.7. The van der Waals surface area contributed by atoms with Crippen molar-refractivity contribution in [1.82, 2.24) is 10.6 Å². The summed E-state index contributed by atoms with van der Waals surface area (Å²) >= 11 is 1.69. The number of thiophene rings is 1. The highest BCUT2D eigenvalue weighted by atomic mass is 32.1. The van der Waals surface area contributed by atoms with Gasteiger partial charge in [-0.05, 0) is 26.0 Å². The van der Waals surface area contributed by atoms with Crippen molar-refractivity contribution in [2.24, 2.45) is 4.99 Å². The molecule has 136 valence electrons. The molecular weight excluding hydrogens is 354 g/mol. The summed E-state index contributed by atoms with van der Waals surface area (Å²) in [6.45, 7) is 3.52. The highest BCUT2D eigenvalue weighted by Crippen LogP contribution is 2.19. The van der Waals surface area contributed by atoms with Crippen molar-refractivity contribution in [3.63, 3.8) is 0 Å². The Labute approximate surface area is 147 Å². The minimum Gasteiger partial charge on any atom is -0.354 e. The van der Waals surface area contributed by atoms with E-state index in [1.807, 2.05) is 26.0 Å². The summed E-state index contributed by atoms with van der Waals surface area (Å²) in [6.07, 6.45) is 0.747. The van der Waals surface area contributed by atoms with Crippen LogP contribution in [-0.4, -0.2) is 19.0 Å². The first-order valence-electron chi connectivity index (χ1n) is 7.66. The molecule has 0 saturated carbocycles. The largest absolute Gasteiger partial charge is 0.354 e. The van der Waals surface area contributed by atoms with E-state index in [1.54, 1.807) is 11.3 Å². The maximum Gasteiger partial charge on any atom is 0.191 e. The molecule has 0 aliphatic carbocycles. The number of rotatable bonds is 5. The lowest BCUT2D eigenvalue weighted by molar-refractivity contribution is 0.436. The zero-order valence-electron chi connectivity index (χ0n) is 14.1. The van der Waals surface area contributed by atoms with Gasteiger partial charge in [0.1, 0.15) is 0 Å². The van der Waals surface area contributed by atoms with Gasteiger partial charge in [0.05, 0.1) is 0 Å². The van der Waals surface area contributed by atoms with Crippen molar-refractivity contribution in [2.45, 2.75) is 32.9 Å². The Balaban J connectivity index is 1.99. The van der Waals surface area contributed by atoms with Crippen LogP contribution < -0.4 is 10.6 Å². The van der Waals surface area contributed by atoms with Crippen molar-refractivity contribution < 1.29 is 17.6 Å². The number of nitrogens with zero attached hydrogens (tertiary/aromatic N) is 1. The van der Waals surface area contributed by atoms with Gasteiger partial charge in [-0.15, -0.1) is 11.3 Å². The van der Waals surface area contributed by atoms with Crippen molar-refractivity contribution in [1.29, 1.82) is 0 Å². The standard InChI is InChI=1S/C17H19F4N3S/c1-9(6-11-5-4-10(2)25-11)24-17(22-3)23-8-12-15(20)13(18)7-14(19)16(12)21/h4-5,7,9H,6,8H2,1-3H3,(H2,22,23,24). The zero-order chi connectivity index (χ0) is 18.6. The monoisotopic (exact) mass is 373 g/mol. The quantitative estimate of drug-likeness (QED) is 0.361. The van der Waals surface area contributed by atoms with E-state index in [0.717, 1.165) is 6.42 Å². The Morgan fingerprint density at radius 1 is 1.16 bits per heavy atom. The number of nitrogens with one attached hydrogen (secondary N) is 2. The molecule has 0 radical (unpaired) electrons. The molecule has 0 spiro atoms. The van der Waals surface area contributed by atoms with Crippen LogP contribution in [-0.2, 0) is 13.0 Å². The number of aryl methyl sites for hydroxylation is 1. The third kappa shape index (κ3) is 4.94. The molecule has 8 heteroatoms. The molecule has 0 aliphatic heterocycles. The summed E-state index contributed by atoms with van der Waals surface area (Å²) in [6, 6.07) is 4.26. The van der Waals surface area contributed by atoms with Gasteiger partial charge in [0.25, 0.3) is 0 Å². The van der Waals surface area contributed by atoms with Crippen LogP contribution >= 0.6 is 11.3 Å². The second kappa shape index (κ2) is 8.33. The number of halogens is 4. The van der Waals surface area contributed by atoms with Crippen molar-refractivity contribution >= 4 is 17.3 Å². The fourth-order valence-electron chi connectivity index (χ4n) is 2.33. The summed E-state index contributed by atoms with van der Waals surface area (Å²) in [5.74, 6) is -5.41. The average Bonchev–Trinajstić information content (AvgIpc) is 2.96. The molecule has 1 aromatic carbocycles. The molecule has 0 fully saturated rings. The van der Waals surface area contributed by atoms with E-state index in [9.17, 15) is 17.6 Å². The van der Waals surface area contributed by atoms with Crippen LogP contribution in [0.2, 0.25) is 0 Å². The predicted molar refractivity (Wildman–Crippen MR) is 91.8 cm³/mol. The Hall–Kier alpha value is -2.09. The molecule has 1 atom stereocenters. The van der Waals surface area contributed by atoms with Gasteiger partial charge in [-0.25, -0.2) is 17.6 Å². The number of aliphatic imine (C=N–C) groups is 1. The van der Waals surface area contributed by atoms with E-state index in [0.29, 0.717) is 0 Å². The lowest BCUT2D eigenvalue weighted by atomic mass is 10.1. The van der Waals surface area contributed by atoms with E-state index in [2.05, 4.69) is 15.6 Å². The van der Waals surface area contributed by atoms with Crippen molar-refractivity contribution in [2.75, 3.05) is 7.05 Å². The molecule has 2 aromatic rings. The minimum atomic E-state index is -1.43. The van der Waals surface area contributed by atoms with Crippen LogP contribution in [0.25, 0.3) is 0 Å². The van der Waals surface area contributed by atoms with Crippen LogP contribution in [0.3, 0.4) is 0 Å². The predicted octanol–water partition coefficient (Wildman–Crippen LogP) is 3.91. The Morgan fingerprint density at radius 2 is 1.80 bits per heavy atom. The Morgan fingerprint density at radius 3 is 2.32 bits per heavy atom. The average molecular weight is 373 g/mol. The first-order chi connectivity index (χ1) is 11.8. The molecule has 1 unspecified atom stereocenters. The molecule has 2 N–H and O–H groups in total. The zero-order valence-corrected chi connectivity index (χ0v) is 14.9. The number of hydrogen-bond acceptors (Lipinski definition) is 2. The summed E-state index contributed by atoms with van der Waals surface area (Å²) in [5.41, 5.74) is -0.706. The molecule has 0 amide bonds. The fraction of sp³-hybridized carbons (Fsp3) is 0.353. The summed E-state index contributed by atoms with van der Waals surface area (Å²) in [7, 11) is 1.50. The molecule has 1 aromatic heterocycles. The fourth-order valence-corrected chi connectivity index (χ4v) is 3.34. The molecule has 25 heavy (non-hydrogen) atoms. The molecular formula is C17H19F4N3S.